The quantitative estimate of drug-likeness (QED) is 0.719. The smallest absolute Gasteiger partial charge is 0.261 e. The van der Waals surface area contributed by atoms with Crippen LogP contribution in [0.2, 0.25) is 5.02 Å². The average Bonchev–Trinajstić information content (AvgIpc) is 2.98. The predicted octanol–water partition coefficient (Wildman–Crippen LogP) is 4.76. The normalized spacial score (nSPS) is 10.4. The highest BCUT2D eigenvalue weighted by atomic mass is 35.5. The summed E-state index contributed by atoms with van der Waals surface area (Å²) in [5.41, 5.74) is 1.54. The summed E-state index contributed by atoms with van der Waals surface area (Å²) in [6.07, 6.45) is 0.287. The van der Waals surface area contributed by atoms with E-state index < -0.39 is 11.7 Å². The van der Waals surface area contributed by atoms with E-state index in [0.29, 0.717) is 5.69 Å². The molecule has 1 aromatic heterocycles. The van der Waals surface area contributed by atoms with Crippen LogP contribution in [-0.2, 0) is 6.42 Å². The van der Waals surface area contributed by atoms with Gasteiger partial charge in [-0.05, 0) is 36.8 Å². The van der Waals surface area contributed by atoms with Crippen molar-refractivity contribution in [1.82, 2.24) is 5.16 Å². The van der Waals surface area contributed by atoms with Gasteiger partial charge in [-0.25, -0.2) is 4.39 Å². The van der Waals surface area contributed by atoms with E-state index >= 15 is 0 Å². The van der Waals surface area contributed by atoms with Crippen LogP contribution in [0.25, 0.3) is 11.3 Å². The van der Waals surface area contributed by atoms with Crippen LogP contribution in [0, 0.1) is 24.1 Å². The van der Waals surface area contributed by atoms with Gasteiger partial charge < -0.3 is 9.84 Å². The molecule has 1 N–H and O–H groups in total. The number of hydrogen-bond donors (Lipinski definition) is 1. The molecule has 0 aliphatic carbocycles. The Balaban J connectivity index is 1.94. The third-order valence-corrected chi connectivity index (χ3v) is 4.10. The molecule has 1 heterocycles. The maximum atomic E-state index is 14.2. The van der Waals surface area contributed by atoms with Gasteiger partial charge in [-0.3, -0.25) is 4.79 Å². The summed E-state index contributed by atoms with van der Waals surface area (Å²) in [5.74, 6) is -0.843. The lowest BCUT2D eigenvalue weighted by Crippen LogP contribution is -2.13. The number of carbonyl (C=O) groups excluding carboxylic acids is 1. The van der Waals surface area contributed by atoms with Gasteiger partial charge in [-0.15, -0.1) is 0 Å². The Hall–Kier alpha value is -3.17. The highest BCUT2D eigenvalue weighted by Crippen LogP contribution is 2.33. The van der Waals surface area contributed by atoms with Crippen LogP contribution in [0.5, 0.6) is 0 Å². The van der Waals surface area contributed by atoms with Gasteiger partial charge >= 0.3 is 0 Å². The van der Waals surface area contributed by atoms with Crippen LogP contribution in [0.3, 0.4) is 0 Å². The number of halogens is 2. The highest BCUT2D eigenvalue weighted by Gasteiger charge is 2.25. The Labute approximate surface area is 154 Å². The number of rotatable bonds is 4. The Bertz CT molecular complexity index is 986. The number of amides is 1. The minimum absolute atomic E-state index is 0.0144. The maximum Gasteiger partial charge on any atom is 0.261 e. The molecule has 130 valence electrons. The first-order valence-electron chi connectivity index (χ1n) is 7.69. The van der Waals surface area contributed by atoms with Crippen LogP contribution in [0.4, 0.5) is 10.1 Å². The predicted molar refractivity (Wildman–Crippen MR) is 95.4 cm³/mol. The van der Waals surface area contributed by atoms with E-state index in [9.17, 15) is 9.18 Å². The van der Waals surface area contributed by atoms with Gasteiger partial charge in [-0.1, -0.05) is 35.0 Å². The molecule has 1 amide bonds. The van der Waals surface area contributed by atoms with Gasteiger partial charge in [0.2, 0.25) is 0 Å². The van der Waals surface area contributed by atoms with E-state index in [1.807, 2.05) is 0 Å². The van der Waals surface area contributed by atoms with E-state index in [2.05, 4.69) is 16.5 Å². The molecular weight excluding hydrogens is 357 g/mol. The zero-order valence-electron chi connectivity index (χ0n) is 13.7. The van der Waals surface area contributed by atoms with Gasteiger partial charge in [0.1, 0.15) is 22.8 Å². The van der Waals surface area contributed by atoms with Crippen molar-refractivity contribution >= 4 is 23.2 Å². The van der Waals surface area contributed by atoms with E-state index in [1.165, 1.54) is 18.2 Å². The molecule has 0 fully saturated rings. The third kappa shape index (κ3) is 3.44. The summed E-state index contributed by atoms with van der Waals surface area (Å²) < 4.78 is 19.3. The van der Waals surface area contributed by atoms with Crippen LogP contribution in [0.1, 0.15) is 21.7 Å². The number of aryl methyl sites for hydroxylation is 1. The number of nitriles is 1. The summed E-state index contributed by atoms with van der Waals surface area (Å²) in [7, 11) is 0. The van der Waals surface area contributed by atoms with Crippen LogP contribution < -0.4 is 5.32 Å². The second-order valence-electron chi connectivity index (χ2n) is 5.54. The molecule has 0 radical (unpaired) electrons. The van der Waals surface area contributed by atoms with Crippen molar-refractivity contribution in [2.75, 3.05) is 5.32 Å². The van der Waals surface area contributed by atoms with Gasteiger partial charge in [0.05, 0.1) is 23.1 Å². The van der Waals surface area contributed by atoms with Crippen molar-refractivity contribution in [3.05, 3.63) is 70.2 Å². The molecule has 0 spiro atoms. The largest absolute Gasteiger partial charge is 0.360 e. The lowest BCUT2D eigenvalue weighted by molar-refractivity contribution is 0.102. The van der Waals surface area contributed by atoms with Crippen molar-refractivity contribution in [2.24, 2.45) is 0 Å². The molecular formula is C19H13ClFN3O2. The number of benzene rings is 2. The van der Waals surface area contributed by atoms with Crippen molar-refractivity contribution < 1.29 is 13.7 Å². The molecule has 5 nitrogen and oxygen atoms in total. The summed E-state index contributed by atoms with van der Waals surface area (Å²) in [6, 6.07) is 13.1. The Kier molecular flexibility index (Phi) is 5.01. The van der Waals surface area contributed by atoms with Crippen LogP contribution in [-0.4, -0.2) is 11.1 Å². The van der Waals surface area contributed by atoms with Gasteiger partial charge in [0, 0.05) is 5.69 Å². The topological polar surface area (TPSA) is 78.9 Å². The van der Waals surface area contributed by atoms with E-state index in [4.69, 9.17) is 21.4 Å². The first kappa shape index (κ1) is 17.6. The van der Waals surface area contributed by atoms with Crippen molar-refractivity contribution in [3.63, 3.8) is 0 Å². The number of hydrogen-bond acceptors (Lipinski definition) is 4. The van der Waals surface area contributed by atoms with Crippen molar-refractivity contribution in [2.45, 2.75) is 13.3 Å². The molecule has 0 unspecified atom stereocenters. The number of anilines is 1. The minimum atomic E-state index is -0.597. The standard InChI is InChI=1S/C19H13ClFN3O2/c1-11-16(18(24-26-11)17-14(20)3-2-4-15(17)21)19(25)23-13-7-5-12(6-8-13)9-10-22/h2-8H,9H2,1H3,(H,23,25). The lowest BCUT2D eigenvalue weighted by Gasteiger charge is -2.08. The van der Waals surface area contributed by atoms with E-state index in [-0.39, 0.29) is 34.0 Å². The second-order valence-corrected chi connectivity index (χ2v) is 5.95. The van der Waals surface area contributed by atoms with Crippen molar-refractivity contribution in [1.29, 1.82) is 5.26 Å². The molecule has 26 heavy (non-hydrogen) atoms. The molecule has 3 rings (SSSR count). The fraction of sp³-hybridized carbons (Fsp3) is 0.105. The molecule has 0 aliphatic heterocycles. The molecule has 3 aromatic rings. The first-order valence-corrected chi connectivity index (χ1v) is 8.07. The number of nitrogens with zero attached hydrogens (tertiary/aromatic N) is 2. The third-order valence-electron chi connectivity index (χ3n) is 3.78. The summed E-state index contributed by atoms with van der Waals surface area (Å²) in [4.78, 5) is 12.7. The zero-order chi connectivity index (χ0) is 18.7. The zero-order valence-corrected chi connectivity index (χ0v) is 14.5. The summed E-state index contributed by atoms with van der Waals surface area (Å²) in [6.45, 7) is 1.57. The molecule has 0 saturated carbocycles. The highest BCUT2D eigenvalue weighted by molar-refractivity contribution is 6.33. The SMILES string of the molecule is Cc1onc(-c2c(F)cccc2Cl)c1C(=O)Nc1ccc(CC#N)cc1. The van der Waals surface area contributed by atoms with E-state index in [0.717, 1.165) is 5.56 Å². The molecule has 0 saturated heterocycles. The molecule has 0 atom stereocenters. The average molecular weight is 370 g/mol. The van der Waals surface area contributed by atoms with Crippen LogP contribution in [0.15, 0.2) is 47.0 Å². The molecule has 2 aromatic carbocycles. The second kappa shape index (κ2) is 7.38. The maximum absolute atomic E-state index is 14.2. The fourth-order valence-corrected chi connectivity index (χ4v) is 2.78. The minimum Gasteiger partial charge on any atom is -0.360 e. The van der Waals surface area contributed by atoms with Gasteiger partial charge in [-0.2, -0.15) is 5.26 Å². The van der Waals surface area contributed by atoms with Gasteiger partial charge in [0.25, 0.3) is 5.91 Å². The monoisotopic (exact) mass is 369 g/mol. The lowest BCUT2D eigenvalue weighted by atomic mass is 10.0. The summed E-state index contributed by atoms with van der Waals surface area (Å²) in [5, 5.41) is 15.4. The molecule has 0 aliphatic rings. The fourth-order valence-electron chi connectivity index (χ4n) is 2.53. The Morgan fingerprint density at radius 1 is 1.31 bits per heavy atom. The summed E-state index contributed by atoms with van der Waals surface area (Å²) >= 11 is 6.08. The number of carbonyl (C=O) groups is 1. The van der Waals surface area contributed by atoms with Crippen molar-refractivity contribution in [3.8, 4) is 17.3 Å². The number of aromatic nitrogens is 1. The van der Waals surface area contributed by atoms with Crippen LogP contribution >= 0.6 is 11.6 Å². The Morgan fingerprint density at radius 2 is 2.04 bits per heavy atom. The first-order chi connectivity index (χ1) is 12.5. The molecule has 0 bridgehead atoms. The molecule has 7 heteroatoms. The number of nitrogens with one attached hydrogen (secondary N) is 1. The van der Waals surface area contributed by atoms with E-state index in [1.54, 1.807) is 31.2 Å². The van der Waals surface area contributed by atoms with Gasteiger partial charge in [0.15, 0.2) is 0 Å². The Morgan fingerprint density at radius 3 is 2.69 bits per heavy atom.